The van der Waals surface area contributed by atoms with Crippen molar-refractivity contribution in [3.05, 3.63) is 65.2 Å². The van der Waals surface area contributed by atoms with Crippen LogP contribution in [0.25, 0.3) is 0 Å². The normalized spacial score (nSPS) is 27.1. The highest BCUT2D eigenvalue weighted by molar-refractivity contribution is 6.04. The van der Waals surface area contributed by atoms with Crippen LogP contribution in [0.15, 0.2) is 63.8 Å². The van der Waals surface area contributed by atoms with Crippen LogP contribution in [0.5, 0.6) is 0 Å². The molecule has 0 aliphatic carbocycles. The van der Waals surface area contributed by atoms with Crippen LogP contribution in [-0.4, -0.2) is 60.7 Å². The molecule has 37 heavy (non-hydrogen) atoms. The molecule has 6 nitrogen and oxygen atoms in total. The van der Waals surface area contributed by atoms with Gasteiger partial charge in [-0.05, 0) is 54.7 Å². The van der Waals surface area contributed by atoms with Crippen molar-refractivity contribution in [2.45, 2.75) is 25.4 Å². The number of hydrogen-bond donors (Lipinski definition) is 1. The van der Waals surface area contributed by atoms with Gasteiger partial charge in [0.25, 0.3) is 5.91 Å². The number of halogens is 4. The first-order chi connectivity index (χ1) is 17.6. The first-order valence-corrected chi connectivity index (χ1v) is 12.4. The largest absolute Gasteiger partial charge is 0.418 e. The molecule has 1 amide bonds. The second-order valence-corrected chi connectivity index (χ2v) is 10.0. The topological polar surface area (TPSA) is 68.5 Å². The van der Waals surface area contributed by atoms with Crippen LogP contribution in [0.1, 0.15) is 24.8 Å². The van der Waals surface area contributed by atoms with Crippen LogP contribution in [0.4, 0.5) is 23.2 Å². The minimum atomic E-state index is -4.58. The zero-order valence-electron chi connectivity index (χ0n) is 20.2. The second kappa shape index (κ2) is 9.89. The molecule has 10 heteroatoms. The summed E-state index contributed by atoms with van der Waals surface area (Å²) in [6.45, 7) is 5.56. The van der Waals surface area contributed by atoms with E-state index in [0.717, 1.165) is 42.2 Å². The van der Waals surface area contributed by atoms with E-state index in [4.69, 9.17) is 0 Å². The fourth-order valence-electron chi connectivity index (χ4n) is 5.68. The van der Waals surface area contributed by atoms with E-state index in [-0.39, 0.29) is 41.7 Å². The van der Waals surface area contributed by atoms with Gasteiger partial charge >= 0.3 is 6.18 Å². The lowest BCUT2D eigenvalue weighted by Crippen LogP contribution is -2.35. The number of carbonyl (C=O) groups is 1. The summed E-state index contributed by atoms with van der Waals surface area (Å²) in [5, 5.41) is 9.23. The van der Waals surface area contributed by atoms with E-state index in [9.17, 15) is 27.5 Å². The van der Waals surface area contributed by atoms with Gasteiger partial charge in [0.15, 0.2) is 0 Å². The smallest absolute Gasteiger partial charge is 0.396 e. The summed E-state index contributed by atoms with van der Waals surface area (Å²) in [4.78, 5) is 25.7. The quantitative estimate of drug-likeness (QED) is 0.604. The number of aliphatic imine (C=N–C) groups is 2. The Hall–Kier alpha value is -3.27. The van der Waals surface area contributed by atoms with Crippen molar-refractivity contribution in [3.8, 4) is 0 Å². The highest BCUT2D eigenvalue weighted by Crippen LogP contribution is 2.41. The van der Waals surface area contributed by atoms with Gasteiger partial charge in [-0.25, -0.2) is 14.4 Å². The molecule has 2 fully saturated rings. The third-order valence-corrected chi connectivity index (χ3v) is 7.54. The number of amidine groups is 1. The van der Waals surface area contributed by atoms with Crippen molar-refractivity contribution in [3.63, 3.8) is 0 Å². The van der Waals surface area contributed by atoms with Crippen LogP contribution < -0.4 is 4.90 Å². The van der Waals surface area contributed by atoms with Gasteiger partial charge in [0.2, 0.25) is 0 Å². The highest BCUT2D eigenvalue weighted by atomic mass is 19.4. The van der Waals surface area contributed by atoms with Crippen LogP contribution in [0.2, 0.25) is 0 Å². The fourth-order valence-corrected chi connectivity index (χ4v) is 5.68. The lowest BCUT2D eigenvalue weighted by molar-refractivity contribution is -0.137. The number of carbonyl (C=O) groups excluding carboxylic acids is 1. The molecule has 1 unspecified atom stereocenters. The summed E-state index contributed by atoms with van der Waals surface area (Å²) in [5.74, 6) is -0.567. The molecule has 1 N–H and O–H groups in total. The van der Waals surface area contributed by atoms with Crippen molar-refractivity contribution in [2.24, 2.45) is 27.7 Å². The molecule has 0 saturated carbocycles. The molecular formula is C27H28F4N4O2. The van der Waals surface area contributed by atoms with Crippen LogP contribution in [0.3, 0.4) is 0 Å². The van der Waals surface area contributed by atoms with Gasteiger partial charge < -0.3 is 14.9 Å². The molecule has 3 atom stereocenters. The average molecular weight is 517 g/mol. The number of allylic oxidation sites excluding steroid dienone is 2. The number of alkyl halides is 3. The average Bonchev–Trinajstić information content (AvgIpc) is 3.40. The third-order valence-electron chi connectivity index (χ3n) is 7.54. The summed E-state index contributed by atoms with van der Waals surface area (Å²) in [6.07, 6.45) is 2.89. The summed E-state index contributed by atoms with van der Waals surface area (Å²) in [7, 11) is 0. The molecule has 4 heterocycles. The van der Waals surface area contributed by atoms with E-state index < -0.39 is 17.6 Å². The Labute approximate surface area is 212 Å². The molecule has 0 spiro atoms. The maximum Gasteiger partial charge on any atom is 0.418 e. The molecule has 4 aliphatic rings. The van der Waals surface area contributed by atoms with Crippen molar-refractivity contribution < 1.29 is 27.5 Å². The SMILES string of the molecule is C=C1C=C(C(=O)N2C[C@@H]3CN(c4cc(F)ccc4C(F)(F)F)C[C@@H]3C2)N=C2N=C/C(CCO)=C\CCC12. The number of rotatable bonds is 4. The Morgan fingerprint density at radius 2 is 1.89 bits per heavy atom. The molecule has 1 aromatic rings. The van der Waals surface area contributed by atoms with Gasteiger partial charge in [0, 0.05) is 56.8 Å². The number of aliphatic hydroxyl groups is 1. The number of aliphatic hydroxyl groups excluding tert-OH is 1. The zero-order valence-corrected chi connectivity index (χ0v) is 20.2. The Morgan fingerprint density at radius 3 is 2.57 bits per heavy atom. The standard InChI is InChI=1S/C27H28F4N4O2/c1-16-9-23(33-25-21(16)4-2-3-17(7-8-36)11-32-25)26(37)35-14-18-12-34(13-19(18)15-35)24-10-20(28)5-6-22(24)27(29,30)31/h3,5-6,9-11,18-19,21,36H,1-2,4,7-8,12-15H2/b17-3-,32-11?/t18-,19+,21?. The van der Waals surface area contributed by atoms with Crippen LogP contribution in [-0.2, 0) is 11.0 Å². The van der Waals surface area contributed by atoms with E-state index in [2.05, 4.69) is 16.6 Å². The lowest BCUT2D eigenvalue weighted by atomic mass is 9.89. The summed E-state index contributed by atoms with van der Waals surface area (Å²) < 4.78 is 54.3. The molecule has 0 radical (unpaired) electrons. The first kappa shape index (κ1) is 25.4. The van der Waals surface area contributed by atoms with Gasteiger partial charge in [-0.1, -0.05) is 12.7 Å². The molecule has 196 valence electrons. The Kier molecular flexibility index (Phi) is 6.78. The molecule has 0 bridgehead atoms. The number of benzene rings is 1. The zero-order chi connectivity index (χ0) is 26.3. The molecule has 2 saturated heterocycles. The summed E-state index contributed by atoms with van der Waals surface area (Å²) in [6, 6.07) is 2.55. The van der Waals surface area contributed by atoms with E-state index in [1.54, 1.807) is 22.1 Å². The summed E-state index contributed by atoms with van der Waals surface area (Å²) >= 11 is 0. The highest BCUT2D eigenvalue weighted by Gasteiger charge is 2.45. The number of nitrogens with zero attached hydrogens (tertiary/aromatic N) is 4. The Morgan fingerprint density at radius 1 is 1.16 bits per heavy atom. The molecule has 0 aromatic heterocycles. The van der Waals surface area contributed by atoms with Gasteiger partial charge in [0.1, 0.15) is 17.3 Å². The van der Waals surface area contributed by atoms with Gasteiger partial charge in [-0.2, -0.15) is 13.2 Å². The Bertz CT molecular complexity index is 1220. The summed E-state index contributed by atoms with van der Waals surface area (Å²) in [5.41, 5.74) is 0.930. The number of hydrogen-bond acceptors (Lipinski definition) is 5. The monoisotopic (exact) mass is 516 g/mol. The van der Waals surface area contributed by atoms with E-state index in [0.29, 0.717) is 38.4 Å². The number of anilines is 1. The molecule has 5 rings (SSSR count). The van der Waals surface area contributed by atoms with Gasteiger partial charge in [0.05, 0.1) is 11.3 Å². The van der Waals surface area contributed by atoms with Gasteiger partial charge in [-0.15, -0.1) is 0 Å². The van der Waals surface area contributed by atoms with Crippen molar-refractivity contribution in [2.75, 3.05) is 37.7 Å². The van der Waals surface area contributed by atoms with E-state index >= 15 is 0 Å². The van der Waals surface area contributed by atoms with E-state index in [1.165, 1.54) is 0 Å². The Balaban J connectivity index is 1.29. The van der Waals surface area contributed by atoms with Crippen molar-refractivity contribution in [1.82, 2.24) is 4.90 Å². The number of likely N-dealkylation sites (tertiary alicyclic amines) is 1. The van der Waals surface area contributed by atoms with Crippen molar-refractivity contribution >= 4 is 23.6 Å². The van der Waals surface area contributed by atoms with Crippen LogP contribution >= 0.6 is 0 Å². The lowest BCUT2D eigenvalue weighted by Gasteiger charge is -2.27. The van der Waals surface area contributed by atoms with E-state index in [1.807, 2.05) is 6.08 Å². The maximum absolute atomic E-state index is 13.8. The minimum Gasteiger partial charge on any atom is -0.396 e. The minimum absolute atomic E-state index is 0.0216. The fraction of sp³-hybridized carbons (Fsp3) is 0.444. The predicted molar refractivity (Wildman–Crippen MR) is 133 cm³/mol. The third kappa shape index (κ3) is 5.12. The molecule has 4 aliphatic heterocycles. The van der Waals surface area contributed by atoms with Crippen LogP contribution in [0, 0.1) is 23.6 Å². The first-order valence-electron chi connectivity index (χ1n) is 12.4. The molecular weight excluding hydrogens is 488 g/mol. The molecule has 1 aromatic carbocycles. The predicted octanol–water partition coefficient (Wildman–Crippen LogP) is 4.38. The second-order valence-electron chi connectivity index (χ2n) is 10.0. The van der Waals surface area contributed by atoms with Gasteiger partial charge in [-0.3, -0.25) is 4.79 Å². The maximum atomic E-state index is 13.8. The number of fused-ring (bicyclic) bond motifs is 2. The van der Waals surface area contributed by atoms with Crippen molar-refractivity contribution in [1.29, 1.82) is 0 Å². The number of amides is 1.